The van der Waals surface area contributed by atoms with E-state index in [-0.39, 0.29) is 11.7 Å². The maximum Gasteiger partial charge on any atom is 0.336 e. The number of hydrogen-bond acceptors (Lipinski definition) is 5. The quantitative estimate of drug-likeness (QED) is 0.603. The van der Waals surface area contributed by atoms with Crippen LogP contribution in [0.1, 0.15) is 29.7 Å². The van der Waals surface area contributed by atoms with Gasteiger partial charge in [0.05, 0.1) is 7.11 Å². The van der Waals surface area contributed by atoms with Gasteiger partial charge < -0.3 is 19.4 Å². The Morgan fingerprint density at radius 3 is 2.68 bits per heavy atom. The number of nitrogens with one attached hydrogen (secondary N) is 1. The van der Waals surface area contributed by atoms with Gasteiger partial charge in [-0.25, -0.2) is 4.79 Å². The number of benzene rings is 2. The molecule has 0 saturated carbocycles. The number of nitrogens with zero attached hydrogens (tertiary/aromatic N) is 1. The van der Waals surface area contributed by atoms with Gasteiger partial charge in [-0.05, 0) is 55.4 Å². The molecule has 5 nitrogen and oxygen atoms in total. The molecule has 1 heterocycles. The molecule has 0 unspecified atom stereocenters. The fourth-order valence-electron chi connectivity index (χ4n) is 3.43. The van der Waals surface area contributed by atoms with Gasteiger partial charge in [-0.15, -0.1) is 0 Å². The second-order valence-corrected chi connectivity index (χ2v) is 7.16. The molecule has 0 aliphatic rings. The third-order valence-corrected chi connectivity index (χ3v) is 5.06. The van der Waals surface area contributed by atoms with E-state index in [9.17, 15) is 4.79 Å². The van der Waals surface area contributed by atoms with Crippen molar-refractivity contribution in [3.63, 3.8) is 0 Å². The van der Waals surface area contributed by atoms with Gasteiger partial charge in [-0.1, -0.05) is 31.2 Å². The van der Waals surface area contributed by atoms with Crippen molar-refractivity contribution in [3.05, 3.63) is 75.6 Å². The van der Waals surface area contributed by atoms with E-state index < -0.39 is 0 Å². The summed E-state index contributed by atoms with van der Waals surface area (Å²) in [6.07, 6.45) is 0.910. The molecule has 3 aromatic rings. The Morgan fingerprint density at radius 2 is 1.96 bits per heavy atom. The molecule has 3 rings (SSSR count). The maximum atomic E-state index is 12.0. The molecule has 28 heavy (non-hydrogen) atoms. The average molecular weight is 380 g/mol. The van der Waals surface area contributed by atoms with E-state index in [1.807, 2.05) is 24.3 Å². The number of fused-ring (bicyclic) bond motifs is 1. The SMILES string of the molecule is CCc1ccc2c(CNC[C@@H](c3cccc(OC)c3)N(C)C)cc(=O)oc2c1. The smallest absolute Gasteiger partial charge is 0.336 e. The van der Waals surface area contributed by atoms with Gasteiger partial charge in [0.25, 0.3) is 0 Å². The molecule has 1 N–H and O–H groups in total. The molecule has 2 aromatic carbocycles. The van der Waals surface area contributed by atoms with E-state index in [1.54, 1.807) is 13.2 Å². The minimum Gasteiger partial charge on any atom is -0.497 e. The lowest BCUT2D eigenvalue weighted by atomic mass is 10.0. The minimum atomic E-state index is -0.311. The Bertz CT molecular complexity index is 995. The summed E-state index contributed by atoms with van der Waals surface area (Å²) in [6, 6.07) is 16.0. The molecule has 0 amide bonds. The van der Waals surface area contributed by atoms with Crippen LogP contribution in [0.2, 0.25) is 0 Å². The number of rotatable bonds is 8. The van der Waals surface area contributed by atoms with Crippen molar-refractivity contribution in [2.45, 2.75) is 25.9 Å². The summed E-state index contributed by atoms with van der Waals surface area (Å²) in [5, 5.41) is 4.48. The first-order valence-corrected chi connectivity index (χ1v) is 9.58. The predicted octanol–water partition coefficient (Wildman–Crippen LogP) is 3.76. The highest BCUT2D eigenvalue weighted by molar-refractivity contribution is 5.80. The van der Waals surface area contributed by atoms with E-state index in [0.29, 0.717) is 12.1 Å². The first-order chi connectivity index (χ1) is 13.5. The number of likely N-dealkylation sites (N-methyl/N-ethyl adjacent to an activating group) is 1. The standard InChI is InChI=1S/C23H28N2O3/c1-5-16-9-10-20-18(13-23(26)28-22(20)11-16)14-24-15-21(25(2)3)17-7-6-8-19(12-17)27-4/h6-13,21,24H,5,14-15H2,1-4H3/t21-/m0/s1. The average Bonchev–Trinajstić information content (AvgIpc) is 2.70. The summed E-state index contributed by atoms with van der Waals surface area (Å²) < 4.78 is 10.8. The van der Waals surface area contributed by atoms with Gasteiger partial charge in [0.15, 0.2) is 0 Å². The molecule has 0 bridgehead atoms. The van der Waals surface area contributed by atoms with E-state index in [1.165, 1.54) is 5.56 Å². The lowest BCUT2D eigenvalue weighted by Gasteiger charge is -2.25. The van der Waals surface area contributed by atoms with Gasteiger partial charge in [0.1, 0.15) is 11.3 Å². The zero-order valence-corrected chi connectivity index (χ0v) is 17.0. The molecule has 0 spiro atoms. The van der Waals surface area contributed by atoms with Crippen LogP contribution in [0.4, 0.5) is 0 Å². The fraction of sp³-hybridized carbons (Fsp3) is 0.348. The van der Waals surface area contributed by atoms with Gasteiger partial charge in [0, 0.05) is 30.6 Å². The Hall–Kier alpha value is -2.63. The number of methoxy groups -OCH3 is 1. The van der Waals surface area contributed by atoms with Crippen molar-refractivity contribution in [2.24, 2.45) is 0 Å². The van der Waals surface area contributed by atoms with E-state index in [4.69, 9.17) is 9.15 Å². The van der Waals surface area contributed by atoms with Crippen molar-refractivity contribution >= 4 is 11.0 Å². The minimum absolute atomic E-state index is 0.188. The Balaban J connectivity index is 1.78. The molecule has 5 heteroatoms. The monoisotopic (exact) mass is 380 g/mol. The Labute approximate surface area is 165 Å². The molecule has 0 saturated heterocycles. The van der Waals surface area contributed by atoms with Crippen molar-refractivity contribution in [1.29, 1.82) is 0 Å². The summed E-state index contributed by atoms with van der Waals surface area (Å²) in [5.74, 6) is 0.850. The zero-order valence-electron chi connectivity index (χ0n) is 17.0. The van der Waals surface area contributed by atoms with Crippen LogP contribution >= 0.6 is 0 Å². The molecule has 1 aromatic heterocycles. The molecule has 0 aliphatic heterocycles. The van der Waals surface area contributed by atoms with Crippen LogP contribution in [0.15, 0.2) is 57.7 Å². The van der Waals surface area contributed by atoms with Gasteiger partial charge in [-0.2, -0.15) is 0 Å². The second-order valence-electron chi connectivity index (χ2n) is 7.16. The lowest BCUT2D eigenvalue weighted by Crippen LogP contribution is -2.31. The molecule has 1 atom stereocenters. The zero-order chi connectivity index (χ0) is 20.1. The summed E-state index contributed by atoms with van der Waals surface area (Å²) in [6.45, 7) is 3.43. The van der Waals surface area contributed by atoms with Crippen LogP contribution in [-0.4, -0.2) is 32.6 Å². The van der Waals surface area contributed by atoms with Gasteiger partial charge in [0.2, 0.25) is 0 Å². The predicted molar refractivity (Wildman–Crippen MR) is 113 cm³/mol. The van der Waals surface area contributed by atoms with Crippen molar-refractivity contribution in [3.8, 4) is 5.75 Å². The Morgan fingerprint density at radius 1 is 1.14 bits per heavy atom. The van der Waals surface area contributed by atoms with Crippen LogP contribution in [0.3, 0.4) is 0 Å². The summed E-state index contributed by atoms with van der Waals surface area (Å²) in [4.78, 5) is 14.2. The topological polar surface area (TPSA) is 54.7 Å². The van der Waals surface area contributed by atoms with Gasteiger partial charge in [-0.3, -0.25) is 0 Å². The number of hydrogen-bond donors (Lipinski definition) is 1. The van der Waals surface area contributed by atoms with Crippen LogP contribution < -0.4 is 15.7 Å². The summed E-state index contributed by atoms with van der Waals surface area (Å²) >= 11 is 0. The van der Waals surface area contributed by atoms with Crippen LogP contribution in [0.5, 0.6) is 5.75 Å². The maximum absolute atomic E-state index is 12.0. The highest BCUT2D eigenvalue weighted by Crippen LogP contribution is 2.23. The van der Waals surface area contributed by atoms with E-state index in [0.717, 1.165) is 35.2 Å². The second kappa shape index (κ2) is 9.04. The third kappa shape index (κ3) is 4.61. The third-order valence-electron chi connectivity index (χ3n) is 5.06. The van der Waals surface area contributed by atoms with Crippen LogP contribution in [-0.2, 0) is 13.0 Å². The van der Waals surface area contributed by atoms with Crippen LogP contribution in [0.25, 0.3) is 11.0 Å². The van der Waals surface area contributed by atoms with E-state index in [2.05, 4.69) is 49.4 Å². The van der Waals surface area contributed by atoms with Gasteiger partial charge >= 0.3 is 5.63 Å². The molecule has 148 valence electrons. The first-order valence-electron chi connectivity index (χ1n) is 9.58. The summed E-state index contributed by atoms with van der Waals surface area (Å²) in [7, 11) is 5.80. The van der Waals surface area contributed by atoms with E-state index >= 15 is 0 Å². The molecular weight excluding hydrogens is 352 g/mol. The first kappa shape index (κ1) is 20.1. The molecule has 0 radical (unpaired) electrons. The molecule has 0 fully saturated rings. The molecule has 0 aliphatic carbocycles. The van der Waals surface area contributed by atoms with Crippen molar-refractivity contribution in [1.82, 2.24) is 10.2 Å². The number of ether oxygens (including phenoxy) is 1. The largest absolute Gasteiger partial charge is 0.497 e. The normalized spacial score (nSPS) is 12.5. The van der Waals surface area contributed by atoms with Crippen molar-refractivity contribution in [2.75, 3.05) is 27.7 Å². The highest BCUT2D eigenvalue weighted by atomic mass is 16.5. The fourth-order valence-corrected chi connectivity index (χ4v) is 3.43. The summed E-state index contributed by atoms with van der Waals surface area (Å²) in [5.41, 5.74) is 3.64. The number of aryl methyl sites for hydroxylation is 1. The Kier molecular flexibility index (Phi) is 6.49. The molecular formula is C23H28N2O3. The lowest BCUT2D eigenvalue weighted by molar-refractivity contribution is 0.287. The van der Waals surface area contributed by atoms with Crippen LogP contribution in [0, 0.1) is 0 Å². The van der Waals surface area contributed by atoms with Crippen molar-refractivity contribution < 1.29 is 9.15 Å². The highest BCUT2D eigenvalue weighted by Gasteiger charge is 2.15.